The monoisotopic (exact) mass is 560 g/mol. The van der Waals surface area contributed by atoms with E-state index < -0.39 is 0 Å². The lowest BCUT2D eigenvalue weighted by atomic mass is 9.95. The van der Waals surface area contributed by atoms with Crippen molar-refractivity contribution in [2.24, 2.45) is 0 Å². The van der Waals surface area contributed by atoms with E-state index in [-0.39, 0.29) is 0 Å². The van der Waals surface area contributed by atoms with E-state index in [2.05, 4.69) is 133 Å². The molecule has 1 heterocycles. The van der Waals surface area contributed by atoms with Crippen LogP contribution in [0.1, 0.15) is 0 Å². The molecule has 8 aromatic rings. The Bertz CT molecular complexity index is 2210. The van der Waals surface area contributed by atoms with Gasteiger partial charge in [0.15, 0.2) is 5.82 Å². The molecule has 8 rings (SSSR count). The second-order valence-electron chi connectivity index (χ2n) is 11.1. The Morgan fingerprint density at radius 1 is 0.250 bits per heavy atom. The number of rotatable bonds is 5. The van der Waals surface area contributed by atoms with Gasteiger partial charge in [0, 0.05) is 16.7 Å². The van der Waals surface area contributed by atoms with Crippen LogP contribution in [0.3, 0.4) is 0 Å². The molecule has 206 valence electrons. The highest BCUT2D eigenvalue weighted by Crippen LogP contribution is 2.33. The standard InChI is InChI=1S/C42H28N2/c1-3-11-30(12-4-1)40-28-41(44-42(43-40)31-13-5-2-6-14-31)39-23-22-37-26-36(20-21-38(37)27-39)34-17-9-16-33(25-34)35-19-18-29-10-7-8-15-32(29)24-35/h1-28H. The van der Waals surface area contributed by atoms with Gasteiger partial charge < -0.3 is 0 Å². The normalized spacial score (nSPS) is 11.2. The van der Waals surface area contributed by atoms with Gasteiger partial charge in [-0.3, -0.25) is 0 Å². The molecule has 0 unspecified atom stereocenters. The molecule has 0 N–H and O–H groups in total. The predicted molar refractivity (Wildman–Crippen MR) is 184 cm³/mol. The molecule has 44 heavy (non-hydrogen) atoms. The van der Waals surface area contributed by atoms with Gasteiger partial charge in [0.1, 0.15) is 0 Å². The average Bonchev–Trinajstić information content (AvgIpc) is 3.11. The zero-order valence-corrected chi connectivity index (χ0v) is 24.1. The van der Waals surface area contributed by atoms with Crippen molar-refractivity contribution in [2.75, 3.05) is 0 Å². The van der Waals surface area contributed by atoms with E-state index in [0.29, 0.717) is 0 Å². The minimum Gasteiger partial charge on any atom is -0.228 e. The molecule has 0 aliphatic heterocycles. The zero-order valence-electron chi connectivity index (χ0n) is 24.1. The Labute approximate surface area is 257 Å². The van der Waals surface area contributed by atoms with Crippen LogP contribution in [0, 0.1) is 0 Å². The lowest BCUT2D eigenvalue weighted by Crippen LogP contribution is -1.95. The first-order valence-corrected chi connectivity index (χ1v) is 14.9. The number of hydrogen-bond donors (Lipinski definition) is 0. The van der Waals surface area contributed by atoms with Gasteiger partial charge in [0.05, 0.1) is 11.4 Å². The van der Waals surface area contributed by atoms with Crippen LogP contribution in [0.5, 0.6) is 0 Å². The average molecular weight is 561 g/mol. The molecule has 7 aromatic carbocycles. The Balaban J connectivity index is 1.16. The molecular formula is C42H28N2. The van der Waals surface area contributed by atoms with E-state index in [1.807, 2.05) is 36.4 Å². The quantitative estimate of drug-likeness (QED) is 0.209. The van der Waals surface area contributed by atoms with Crippen LogP contribution >= 0.6 is 0 Å². The van der Waals surface area contributed by atoms with Gasteiger partial charge in [-0.2, -0.15) is 0 Å². The SMILES string of the molecule is c1ccc(-c2cc(-c3ccc4cc(-c5cccc(-c6ccc7ccccc7c6)c5)ccc4c3)nc(-c3ccccc3)n2)cc1. The third-order valence-electron chi connectivity index (χ3n) is 8.24. The summed E-state index contributed by atoms with van der Waals surface area (Å²) in [5.74, 6) is 0.726. The summed E-state index contributed by atoms with van der Waals surface area (Å²) >= 11 is 0. The molecule has 2 nitrogen and oxygen atoms in total. The van der Waals surface area contributed by atoms with Crippen molar-refractivity contribution in [3.05, 3.63) is 170 Å². The molecule has 0 amide bonds. The summed E-state index contributed by atoms with van der Waals surface area (Å²) in [6, 6.07) is 59.9. The van der Waals surface area contributed by atoms with Crippen LogP contribution in [-0.2, 0) is 0 Å². The zero-order chi connectivity index (χ0) is 29.3. The maximum absolute atomic E-state index is 5.02. The van der Waals surface area contributed by atoms with Crippen LogP contribution < -0.4 is 0 Å². The Morgan fingerprint density at radius 3 is 1.34 bits per heavy atom. The number of benzene rings is 7. The lowest BCUT2D eigenvalue weighted by Gasteiger charge is -2.11. The summed E-state index contributed by atoms with van der Waals surface area (Å²) < 4.78 is 0. The fourth-order valence-electron chi connectivity index (χ4n) is 5.90. The van der Waals surface area contributed by atoms with Gasteiger partial charge in [-0.05, 0) is 74.1 Å². The molecule has 1 aromatic heterocycles. The molecule has 2 heteroatoms. The van der Waals surface area contributed by atoms with E-state index in [1.54, 1.807) is 0 Å². The molecule has 0 atom stereocenters. The Morgan fingerprint density at radius 2 is 0.682 bits per heavy atom. The highest BCUT2D eigenvalue weighted by atomic mass is 14.9. The molecule has 0 spiro atoms. The fraction of sp³-hybridized carbons (Fsp3) is 0. The van der Waals surface area contributed by atoms with Crippen LogP contribution in [0.2, 0.25) is 0 Å². The summed E-state index contributed by atoms with van der Waals surface area (Å²) in [6.45, 7) is 0. The van der Waals surface area contributed by atoms with Crippen molar-refractivity contribution < 1.29 is 0 Å². The predicted octanol–water partition coefficient (Wildman–Crippen LogP) is 11.1. The van der Waals surface area contributed by atoms with Gasteiger partial charge in [-0.1, -0.05) is 140 Å². The summed E-state index contributed by atoms with van der Waals surface area (Å²) in [7, 11) is 0. The third-order valence-corrected chi connectivity index (χ3v) is 8.24. The highest BCUT2D eigenvalue weighted by Gasteiger charge is 2.12. The van der Waals surface area contributed by atoms with E-state index in [0.717, 1.165) is 33.9 Å². The molecule has 0 saturated carbocycles. The Hall–Kier alpha value is -5.86. The second-order valence-corrected chi connectivity index (χ2v) is 11.1. The van der Waals surface area contributed by atoms with Crippen molar-refractivity contribution in [2.45, 2.75) is 0 Å². The van der Waals surface area contributed by atoms with E-state index in [1.165, 1.54) is 43.8 Å². The first-order valence-electron chi connectivity index (χ1n) is 14.9. The van der Waals surface area contributed by atoms with Crippen molar-refractivity contribution in [1.82, 2.24) is 9.97 Å². The van der Waals surface area contributed by atoms with Crippen LogP contribution in [-0.4, -0.2) is 9.97 Å². The van der Waals surface area contributed by atoms with Gasteiger partial charge in [-0.15, -0.1) is 0 Å². The summed E-state index contributed by atoms with van der Waals surface area (Å²) in [5, 5.41) is 4.89. The molecule has 0 bridgehead atoms. The molecule has 0 fully saturated rings. The number of aromatic nitrogens is 2. The second kappa shape index (κ2) is 11.1. The van der Waals surface area contributed by atoms with Gasteiger partial charge in [-0.25, -0.2) is 9.97 Å². The molecular weight excluding hydrogens is 532 g/mol. The van der Waals surface area contributed by atoms with E-state index in [9.17, 15) is 0 Å². The fourth-order valence-corrected chi connectivity index (χ4v) is 5.90. The van der Waals surface area contributed by atoms with Gasteiger partial charge >= 0.3 is 0 Å². The van der Waals surface area contributed by atoms with E-state index >= 15 is 0 Å². The first-order chi connectivity index (χ1) is 21.8. The van der Waals surface area contributed by atoms with Crippen LogP contribution in [0.4, 0.5) is 0 Å². The van der Waals surface area contributed by atoms with Crippen LogP contribution in [0.25, 0.3) is 77.7 Å². The highest BCUT2D eigenvalue weighted by molar-refractivity contribution is 5.92. The molecule has 0 aliphatic carbocycles. The van der Waals surface area contributed by atoms with Gasteiger partial charge in [0.2, 0.25) is 0 Å². The summed E-state index contributed by atoms with van der Waals surface area (Å²) in [6.07, 6.45) is 0. The lowest BCUT2D eigenvalue weighted by molar-refractivity contribution is 1.18. The van der Waals surface area contributed by atoms with Crippen molar-refractivity contribution in [3.63, 3.8) is 0 Å². The molecule has 0 saturated heterocycles. The van der Waals surface area contributed by atoms with Gasteiger partial charge in [0.25, 0.3) is 0 Å². The van der Waals surface area contributed by atoms with Crippen molar-refractivity contribution >= 4 is 21.5 Å². The van der Waals surface area contributed by atoms with Crippen molar-refractivity contribution in [3.8, 4) is 56.2 Å². The third kappa shape index (κ3) is 5.04. The summed E-state index contributed by atoms with van der Waals surface area (Å²) in [4.78, 5) is 9.96. The van der Waals surface area contributed by atoms with Crippen LogP contribution in [0.15, 0.2) is 170 Å². The smallest absolute Gasteiger partial charge is 0.160 e. The number of fused-ring (bicyclic) bond motifs is 2. The van der Waals surface area contributed by atoms with E-state index in [4.69, 9.17) is 9.97 Å². The number of nitrogens with zero attached hydrogens (tertiary/aromatic N) is 2. The molecule has 0 aliphatic rings. The minimum atomic E-state index is 0.726. The first kappa shape index (κ1) is 25.8. The summed E-state index contributed by atoms with van der Waals surface area (Å²) in [5.41, 5.74) is 9.82. The molecule has 0 radical (unpaired) electrons. The largest absolute Gasteiger partial charge is 0.228 e. The van der Waals surface area contributed by atoms with Crippen molar-refractivity contribution in [1.29, 1.82) is 0 Å². The topological polar surface area (TPSA) is 25.8 Å². The minimum absolute atomic E-state index is 0.726. The maximum Gasteiger partial charge on any atom is 0.160 e. The number of hydrogen-bond acceptors (Lipinski definition) is 2. The Kier molecular flexibility index (Phi) is 6.51. The maximum atomic E-state index is 5.02.